The highest BCUT2D eigenvalue weighted by atomic mass is 32.2. The van der Waals surface area contributed by atoms with Crippen molar-refractivity contribution in [2.45, 2.75) is 45.3 Å². The zero-order valence-electron chi connectivity index (χ0n) is 9.65. The highest BCUT2D eigenvalue weighted by Crippen LogP contribution is 2.12. The van der Waals surface area contributed by atoms with E-state index >= 15 is 0 Å². The van der Waals surface area contributed by atoms with E-state index in [2.05, 4.69) is 0 Å². The molecule has 1 atom stereocenters. The zero-order valence-corrected chi connectivity index (χ0v) is 10.5. The van der Waals surface area contributed by atoms with Crippen LogP contribution < -0.4 is 0 Å². The molecule has 0 fully saturated rings. The molecule has 0 aliphatic heterocycles. The first-order chi connectivity index (χ1) is 6.99. The largest absolute Gasteiger partial charge is 0.465 e. The molecule has 0 aromatic carbocycles. The Kier molecular flexibility index (Phi) is 6.56. The van der Waals surface area contributed by atoms with Gasteiger partial charge >= 0.3 is 5.97 Å². The van der Waals surface area contributed by atoms with Gasteiger partial charge in [0.15, 0.2) is 15.1 Å². The third-order valence-corrected chi connectivity index (χ3v) is 4.29. The lowest BCUT2D eigenvalue weighted by Gasteiger charge is -2.14. The van der Waals surface area contributed by atoms with Gasteiger partial charge in [0.05, 0.1) is 12.4 Å². The van der Waals surface area contributed by atoms with Crippen molar-refractivity contribution in [1.29, 1.82) is 0 Å². The number of hydrogen-bond donors (Lipinski definition) is 0. The fraction of sp³-hybridized carbons (Fsp3) is 0.900. The van der Waals surface area contributed by atoms with Gasteiger partial charge in [-0.2, -0.15) is 0 Å². The van der Waals surface area contributed by atoms with Gasteiger partial charge in [0.1, 0.15) is 0 Å². The van der Waals surface area contributed by atoms with E-state index < -0.39 is 21.1 Å². The summed E-state index contributed by atoms with van der Waals surface area (Å²) < 4.78 is 28.2. The van der Waals surface area contributed by atoms with Crippen molar-refractivity contribution in [2.75, 3.05) is 12.4 Å². The van der Waals surface area contributed by atoms with Crippen LogP contribution in [0.5, 0.6) is 0 Å². The van der Waals surface area contributed by atoms with Crippen molar-refractivity contribution in [3.8, 4) is 0 Å². The van der Waals surface area contributed by atoms with Crippen molar-refractivity contribution >= 4 is 15.8 Å². The lowest BCUT2D eigenvalue weighted by molar-refractivity contribution is -0.142. The zero-order chi connectivity index (χ0) is 11.9. The Morgan fingerprint density at radius 3 is 2.20 bits per heavy atom. The smallest absolute Gasteiger partial charge is 0.324 e. The molecular weight excluding hydrogens is 216 g/mol. The summed E-state index contributed by atoms with van der Waals surface area (Å²) in [6.45, 7) is 5.54. The summed E-state index contributed by atoms with van der Waals surface area (Å²) >= 11 is 0. The Morgan fingerprint density at radius 2 is 1.80 bits per heavy atom. The summed E-state index contributed by atoms with van der Waals surface area (Å²) in [5, 5.41) is -0.970. The number of sulfone groups is 1. The van der Waals surface area contributed by atoms with Gasteiger partial charge in [-0.15, -0.1) is 0 Å². The average Bonchev–Trinajstić information content (AvgIpc) is 2.14. The highest BCUT2D eigenvalue weighted by Gasteiger charge is 2.31. The predicted molar refractivity (Wildman–Crippen MR) is 59.4 cm³/mol. The molecule has 0 aromatic heterocycles. The minimum Gasteiger partial charge on any atom is -0.465 e. The van der Waals surface area contributed by atoms with Gasteiger partial charge in [-0.05, 0) is 19.8 Å². The molecule has 0 radical (unpaired) electrons. The SMILES string of the molecule is CCCC(C(=O)OCC)S(=O)(=O)CCC. The molecule has 0 saturated heterocycles. The van der Waals surface area contributed by atoms with Gasteiger partial charge < -0.3 is 4.74 Å². The number of hydrogen-bond acceptors (Lipinski definition) is 4. The first-order valence-corrected chi connectivity index (χ1v) is 7.09. The molecule has 0 aliphatic carbocycles. The van der Waals surface area contributed by atoms with Gasteiger partial charge in [-0.3, -0.25) is 4.79 Å². The fourth-order valence-electron chi connectivity index (χ4n) is 1.37. The van der Waals surface area contributed by atoms with Crippen LogP contribution in [0.1, 0.15) is 40.0 Å². The minimum absolute atomic E-state index is 0.0521. The van der Waals surface area contributed by atoms with Crippen LogP contribution in [0, 0.1) is 0 Å². The van der Waals surface area contributed by atoms with Crippen molar-refractivity contribution in [1.82, 2.24) is 0 Å². The monoisotopic (exact) mass is 236 g/mol. The third kappa shape index (κ3) is 4.64. The minimum atomic E-state index is -3.33. The van der Waals surface area contributed by atoms with Crippen LogP contribution >= 0.6 is 0 Å². The lowest BCUT2D eigenvalue weighted by atomic mass is 10.2. The van der Waals surface area contributed by atoms with Gasteiger partial charge in [-0.1, -0.05) is 20.3 Å². The first-order valence-electron chi connectivity index (χ1n) is 5.37. The topological polar surface area (TPSA) is 60.4 Å². The van der Waals surface area contributed by atoms with Crippen molar-refractivity contribution in [2.24, 2.45) is 0 Å². The third-order valence-electron chi connectivity index (χ3n) is 2.02. The molecule has 0 amide bonds. The number of esters is 1. The van der Waals surface area contributed by atoms with Gasteiger partial charge in [0.25, 0.3) is 0 Å². The summed E-state index contributed by atoms with van der Waals surface area (Å²) in [6.07, 6.45) is 1.54. The Morgan fingerprint density at radius 1 is 1.20 bits per heavy atom. The van der Waals surface area contributed by atoms with E-state index in [4.69, 9.17) is 4.74 Å². The summed E-state index contributed by atoms with van der Waals surface area (Å²) in [5.74, 6) is -0.552. The van der Waals surface area contributed by atoms with E-state index in [1.807, 2.05) is 6.92 Å². The molecule has 0 saturated carbocycles. The average molecular weight is 236 g/mol. The van der Waals surface area contributed by atoms with Crippen molar-refractivity contribution in [3.63, 3.8) is 0 Å². The van der Waals surface area contributed by atoms with Crippen LogP contribution in [0.25, 0.3) is 0 Å². The van der Waals surface area contributed by atoms with E-state index in [0.29, 0.717) is 19.3 Å². The van der Waals surface area contributed by atoms with Crippen molar-refractivity contribution in [3.05, 3.63) is 0 Å². The van der Waals surface area contributed by atoms with E-state index in [1.165, 1.54) is 0 Å². The maximum absolute atomic E-state index is 11.7. The summed E-state index contributed by atoms with van der Waals surface area (Å²) in [5.41, 5.74) is 0. The normalized spacial score (nSPS) is 13.5. The Labute approximate surface area is 91.9 Å². The highest BCUT2D eigenvalue weighted by molar-refractivity contribution is 7.92. The summed E-state index contributed by atoms with van der Waals surface area (Å²) in [7, 11) is -3.33. The van der Waals surface area contributed by atoms with E-state index in [0.717, 1.165) is 0 Å². The Hall–Kier alpha value is -0.580. The predicted octanol–water partition coefficient (Wildman–Crippen LogP) is 1.54. The summed E-state index contributed by atoms with van der Waals surface area (Å²) in [4.78, 5) is 11.5. The standard InChI is InChI=1S/C10H20O4S/c1-4-7-9(10(11)14-6-3)15(12,13)8-5-2/h9H,4-8H2,1-3H3. The van der Waals surface area contributed by atoms with Crippen LogP contribution in [0.15, 0.2) is 0 Å². The number of carbonyl (C=O) groups excluding carboxylic acids is 1. The molecule has 0 spiro atoms. The van der Waals surface area contributed by atoms with E-state index in [1.54, 1.807) is 13.8 Å². The van der Waals surface area contributed by atoms with Crippen LogP contribution in [-0.4, -0.2) is 32.0 Å². The fourth-order valence-corrected chi connectivity index (χ4v) is 3.18. The molecule has 15 heavy (non-hydrogen) atoms. The van der Waals surface area contributed by atoms with Gasteiger partial charge in [0.2, 0.25) is 0 Å². The molecule has 0 aromatic rings. The quantitative estimate of drug-likeness (QED) is 0.629. The molecule has 4 nitrogen and oxygen atoms in total. The molecule has 0 heterocycles. The molecule has 5 heteroatoms. The van der Waals surface area contributed by atoms with E-state index in [9.17, 15) is 13.2 Å². The summed E-state index contributed by atoms with van der Waals surface area (Å²) in [6, 6.07) is 0. The Balaban J connectivity index is 4.72. The first kappa shape index (κ1) is 14.4. The lowest BCUT2D eigenvalue weighted by Crippen LogP contribution is -2.33. The van der Waals surface area contributed by atoms with Gasteiger partial charge in [0, 0.05) is 0 Å². The van der Waals surface area contributed by atoms with Crippen LogP contribution in [-0.2, 0) is 19.4 Å². The second-order valence-corrected chi connectivity index (χ2v) is 5.70. The molecule has 0 bridgehead atoms. The second-order valence-electron chi connectivity index (χ2n) is 3.40. The van der Waals surface area contributed by atoms with Crippen LogP contribution in [0.3, 0.4) is 0 Å². The Bertz CT molecular complexity index is 282. The molecule has 0 aliphatic rings. The number of carbonyl (C=O) groups is 1. The number of rotatable bonds is 7. The maximum atomic E-state index is 11.7. The van der Waals surface area contributed by atoms with E-state index in [-0.39, 0.29) is 12.4 Å². The van der Waals surface area contributed by atoms with Crippen molar-refractivity contribution < 1.29 is 17.9 Å². The molecule has 1 unspecified atom stereocenters. The molecule has 0 rings (SSSR count). The second kappa shape index (κ2) is 6.82. The van der Waals surface area contributed by atoms with Crippen LogP contribution in [0.4, 0.5) is 0 Å². The van der Waals surface area contributed by atoms with Gasteiger partial charge in [-0.25, -0.2) is 8.42 Å². The van der Waals surface area contributed by atoms with Crippen LogP contribution in [0.2, 0.25) is 0 Å². The molecule has 0 N–H and O–H groups in total. The maximum Gasteiger partial charge on any atom is 0.324 e. The molecule has 90 valence electrons. The number of ether oxygens (including phenoxy) is 1. The molecular formula is C10H20O4S.